The van der Waals surface area contributed by atoms with Gasteiger partial charge in [0.1, 0.15) is 0 Å². The van der Waals surface area contributed by atoms with Gasteiger partial charge in [0, 0.05) is 6.42 Å². The normalized spacial score (nSPS) is 12.3. The van der Waals surface area contributed by atoms with Gasteiger partial charge >= 0.3 is 5.97 Å². The summed E-state index contributed by atoms with van der Waals surface area (Å²) in [6.45, 7) is 2.17. The van der Waals surface area contributed by atoms with Crippen molar-refractivity contribution in [2.24, 2.45) is 0 Å². The highest BCUT2D eigenvalue weighted by atomic mass is 16.4. The molecule has 0 fully saturated rings. The molecule has 0 aromatic heterocycles. The smallest absolute Gasteiger partial charge is 0.303 e. The zero-order valence-corrected chi connectivity index (χ0v) is 9.86. The van der Waals surface area contributed by atoms with Gasteiger partial charge in [0.15, 0.2) is 0 Å². The Bertz CT molecular complexity index is 306. The first kappa shape index (κ1) is 12.8. The maximum atomic E-state index is 10.5. The zero-order chi connectivity index (χ0) is 11.8. The van der Waals surface area contributed by atoms with Gasteiger partial charge in [0.25, 0.3) is 0 Å². The van der Waals surface area contributed by atoms with Crippen LogP contribution >= 0.6 is 0 Å². The predicted octanol–water partition coefficient (Wildman–Crippen LogP) is 3.83. The fourth-order valence-electron chi connectivity index (χ4n) is 2.05. The fourth-order valence-corrected chi connectivity index (χ4v) is 2.05. The molecule has 0 aliphatic carbocycles. The van der Waals surface area contributed by atoms with Crippen LogP contribution in [0.15, 0.2) is 30.3 Å². The third-order valence-corrected chi connectivity index (χ3v) is 2.85. The predicted molar refractivity (Wildman–Crippen MR) is 65.6 cm³/mol. The summed E-state index contributed by atoms with van der Waals surface area (Å²) in [5.41, 5.74) is 1.34. The van der Waals surface area contributed by atoms with Gasteiger partial charge in [-0.15, -0.1) is 0 Å². The molecule has 0 radical (unpaired) electrons. The van der Waals surface area contributed by atoms with Crippen LogP contribution in [0.1, 0.15) is 50.5 Å². The Morgan fingerprint density at radius 2 is 1.94 bits per heavy atom. The Morgan fingerprint density at radius 1 is 1.25 bits per heavy atom. The minimum absolute atomic E-state index is 0.285. The van der Waals surface area contributed by atoms with Gasteiger partial charge in [-0.1, -0.05) is 43.7 Å². The maximum Gasteiger partial charge on any atom is 0.303 e. The summed E-state index contributed by atoms with van der Waals surface area (Å²) in [7, 11) is 0. The summed E-state index contributed by atoms with van der Waals surface area (Å²) >= 11 is 0. The molecule has 2 heteroatoms. The van der Waals surface area contributed by atoms with Crippen molar-refractivity contribution in [2.75, 3.05) is 0 Å². The molecule has 2 nitrogen and oxygen atoms in total. The lowest BCUT2D eigenvalue weighted by molar-refractivity contribution is -0.137. The van der Waals surface area contributed by atoms with Crippen LogP contribution in [0.3, 0.4) is 0 Å². The molecule has 0 aliphatic rings. The Morgan fingerprint density at radius 3 is 2.50 bits per heavy atom. The van der Waals surface area contributed by atoms with Crippen molar-refractivity contribution in [3.8, 4) is 0 Å². The van der Waals surface area contributed by atoms with Gasteiger partial charge in [0.05, 0.1) is 0 Å². The summed E-state index contributed by atoms with van der Waals surface area (Å²) in [5.74, 6) is -0.172. The Balaban J connectivity index is 2.51. The Kier molecular flexibility index (Phi) is 5.62. The molecule has 0 bridgehead atoms. The number of benzene rings is 1. The third-order valence-electron chi connectivity index (χ3n) is 2.85. The van der Waals surface area contributed by atoms with Gasteiger partial charge in [-0.3, -0.25) is 4.79 Å². The van der Waals surface area contributed by atoms with E-state index in [4.69, 9.17) is 5.11 Å². The minimum Gasteiger partial charge on any atom is -0.481 e. The van der Waals surface area contributed by atoms with Crippen molar-refractivity contribution < 1.29 is 9.90 Å². The lowest BCUT2D eigenvalue weighted by atomic mass is 9.90. The zero-order valence-electron chi connectivity index (χ0n) is 9.86. The highest BCUT2D eigenvalue weighted by molar-refractivity contribution is 5.66. The minimum atomic E-state index is -0.691. The lowest BCUT2D eigenvalue weighted by Crippen LogP contribution is -2.01. The van der Waals surface area contributed by atoms with Crippen molar-refractivity contribution in [1.82, 2.24) is 0 Å². The molecule has 0 aliphatic heterocycles. The van der Waals surface area contributed by atoms with Crippen molar-refractivity contribution in [1.29, 1.82) is 0 Å². The first-order valence-corrected chi connectivity index (χ1v) is 6.00. The van der Waals surface area contributed by atoms with E-state index in [1.807, 2.05) is 6.07 Å². The molecule has 1 aromatic rings. The van der Waals surface area contributed by atoms with Gasteiger partial charge in [0.2, 0.25) is 0 Å². The molecule has 1 rings (SSSR count). The second-order valence-electron chi connectivity index (χ2n) is 4.18. The van der Waals surface area contributed by atoms with Crippen molar-refractivity contribution in [3.63, 3.8) is 0 Å². The van der Waals surface area contributed by atoms with E-state index in [2.05, 4.69) is 31.2 Å². The highest BCUT2D eigenvalue weighted by Gasteiger charge is 2.10. The molecule has 1 unspecified atom stereocenters. The van der Waals surface area contributed by atoms with E-state index >= 15 is 0 Å². The van der Waals surface area contributed by atoms with E-state index in [1.165, 1.54) is 5.56 Å². The molecule has 0 saturated heterocycles. The number of hydrogen-bond acceptors (Lipinski definition) is 1. The topological polar surface area (TPSA) is 37.3 Å². The van der Waals surface area contributed by atoms with Crippen molar-refractivity contribution >= 4 is 5.97 Å². The largest absolute Gasteiger partial charge is 0.481 e. The summed E-state index contributed by atoms with van der Waals surface area (Å²) in [4.78, 5) is 10.5. The molecule has 0 saturated carbocycles. The number of rotatable bonds is 7. The molecule has 0 heterocycles. The molecule has 16 heavy (non-hydrogen) atoms. The third kappa shape index (κ3) is 4.47. The SMILES string of the molecule is CCCC(CCCC(=O)O)c1ccccc1. The summed E-state index contributed by atoms with van der Waals surface area (Å²) in [6, 6.07) is 10.4. The average molecular weight is 220 g/mol. The summed E-state index contributed by atoms with van der Waals surface area (Å²) < 4.78 is 0. The van der Waals surface area contributed by atoms with E-state index in [1.54, 1.807) is 0 Å². The second-order valence-corrected chi connectivity index (χ2v) is 4.18. The van der Waals surface area contributed by atoms with Crippen molar-refractivity contribution in [2.45, 2.75) is 44.9 Å². The fraction of sp³-hybridized carbons (Fsp3) is 0.500. The maximum absolute atomic E-state index is 10.5. The van der Waals surface area contributed by atoms with Gasteiger partial charge in [-0.2, -0.15) is 0 Å². The number of hydrogen-bond donors (Lipinski definition) is 1. The van der Waals surface area contributed by atoms with E-state index in [0.29, 0.717) is 5.92 Å². The van der Waals surface area contributed by atoms with Crippen LogP contribution < -0.4 is 0 Å². The molecular weight excluding hydrogens is 200 g/mol. The second kappa shape index (κ2) is 7.04. The molecular formula is C14H20O2. The van der Waals surface area contributed by atoms with Crippen LogP contribution in [0.25, 0.3) is 0 Å². The molecule has 1 aromatic carbocycles. The van der Waals surface area contributed by atoms with Crippen LogP contribution in [0.4, 0.5) is 0 Å². The quantitative estimate of drug-likeness (QED) is 0.758. The standard InChI is InChI=1S/C14H20O2/c1-2-7-12(10-6-11-14(15)16)13-8-4-3-5-9-13/h3-5,8-9,12H,2,6-7,10-11H2,1H3,(H,15,16). The van der Waals surface area contributed by atoms with Gasteiger partial charge < -0.3 is 5.11 Å². The van der Waals surface area contributed by atoms with Crippen LogP contribution in [0.5, 0.6) is 0 Å². The van der Waals surface area contributed by atoms with E-state index in [-0.39, 0.29) is 6.42 Å². The van der Waals surface area contributed by atoms with E-state index < -0.39 is 5.97 Å². The summed E-state index contributed by atoms with van der Waals surface area (Å²) in [5, 5.41) is 8.63. The highest BCUT2D eigenvalue weighted by Crippen LogP contribution is 2.26. The van der Waals surface area contributed by atoms with Crippen LogP contribution in [-0.4, -0.2) is 11.1 Å². The van der Waals surface area contributed by atoms with Gasteiger partial charge in [-0.25, -0.2) is 0 Å². The Hall–Kier alpha value is -1.31. The lowest BCUT2D eigenvalue weighted by Gasteiger charge is -2.15. The molecule has 88 valence electrons. The molecule has 0 amide bonds. The van der Waals surface area contributed by atoms with Crippen LogP contribution in [0.2, 0.25) is 0 Å². The first-order chi connectivity index (χ1) is 7.74. The molecule has 0 spiro atoms. The number of carbonyl (C=O) groups is 1. The number of carboxylic acid groups (broad SMARTS) is 1. The van der Waals surface area contributed by atoms with Crippen LogP contribution in [0, 0.1) is 0 Å². The van der Waals surface area contributed by atoms with Crippen LogP contribution in [-0.2, 0) is 4.79 Å². The number of carboxylic acids is 1. The molecule has 1 atom stereocenters. The Labute approximate surface area is 97.3 Å². The average Bonchev–Trinajstić information content (AvgIpc) is 2.29. The van der Waals surface area contributed by atoms with E-state index in [0.717, 1.165) is 25.7 Å². The van der Waals surface area contributed by atoms with E-state index in [9.17, 15) is 4.79 Å². The first-order valence-electron chi connectivity index (χ1n) is 6.00. The van der Waals surface area contributed by atoms with Crippen molar-refractivity contribution in [3.05, 3.63) is 35.9 Å². The monoisotopic (exact) mass is 220 g/mol. The van der Waals surface area contributed by atoms with Gasteiger partial charge in [-0.05, 0) is 30.7 Å². The molecule has 1 N–H and O–H groups in total. The summed E-state index contributed by atoms with van der Waals surface area (Å²) in [6.07, 6.45) is 4.32. The number of aliphatic carboxylic acids is 1.